The van der Waals surface area contributed by atoms with Crippen LogP contribution < -0.4 is 10.1 Å². The molecule has 0 saturated heterocycles. The zero-order valence-corrected chi connectivity index (χ0v) is 11.3. The van der Waals surface area contributed by atoms with Crippen molar-refractivity contribution in [1.29, 1.82) is 0 Å². The van der Waals surface area contributed by atoms with Crippen LogP contribution in [0.4, 0.5) is 0 Å². The number of hydrogen-bond acceptors (Lipinski definition) is 3. The third-order valence-electron chi connectivity index (χ3n) is 3.38. The summed E-state index contributed by atoms with van der Waals surface area (Å²) in [6.07, 6.45) is 2.26. The monoisotopic (exact) mass is 281 g/mol. The molecule has 0 spiro atoms. The van der Waals surface area contributed by atoms with Crippen molar-refractivity contribution in [1.82, 2.24) is 5.32 Å². The Morgan fingerprint density at radius 3 is 2.33 bits per heavy atom. The van der Waals surface area contributed by atoms with Crippen molar-refractivity contribution in [2.45, 2.75) is 12.5 Å². The largest absolute Gasteiger partial charge is 0.480 e. The van der Waals surface area contributed by atoms with Gasteiger partial charge in [-0.3, -0.25) is 0 Å². The van der Waals surface area contributed by atoms with Gasteiger partial charge < -0.3 is 15.2 Å². The van der Waals surface area contributed by atoms with E-state index in [0.29, 0.717) is 6.42 Å². The summed E-state index contributed by atoms with van der Waals surface area (Å²) >= 11 is 0. The number of para-hydroxylation sites is 1. The minimum Gasteiger partial charge on any atom is -0.480 e. The zero-order valence-electron chi connectivity index (χ0n) is 11.3. The van der Waals surface area contributed by atoms with Crippen molar-refractivity contribution in [2.24, 2.45) is 0 Å². The molecule has 3 rings (SSSR count). The predicted molar refractivity (Wildman–Crippen MR) is 80.1 cm³/mol. The Kier molecular flexibility index (Phi) is 3.60. The van der Waals surface area contributed by atoms with E-state index in [4.69, 9.17) is 9.84 Å². The van der Waals surface area contributed by atoms with Gasteiger partial charge in [-0.05, 0) is 35.4 Å². The first-order valence-electron chi connectivity index (χ1n) is 6.73. The van der Waals surface area contributed by atoms with Crippen LogP contribution in [0.5, 0.6) is 11.5 Å². The molecule has 0 saturated carbocycles. The molecular weight excluding hydrogens is 266 g/mol. The third kappa shape index (κ3) is 3.05. The first-order chi connectivity index (χ1) is 10.2. The van der Waals surface area contributed by atoms with Crippen molar-refractivity contribution >= 4 is 11.5 Å². The van der Waals surface area contributed by atoms with Crippen molar-refractivity contribution in [2.75, 3.05) is 0 Å². The summed E-state index contributed by atoms with van der Waals surface area (Å²) in [5, 5.41) is 11.8. The average Bonchev–Trinajstić information content (AvgIpc) is 2.99. The maximum Gasteiger partial charge on any atom is 0.326 e. The molecule has 0 radical (unpaired) electrons. The summed E-state index contributed by atoms with van der Waals surface area (Å²) in [6, 6.07) is 16.7. The highest BCUT2D eigenvalue weighted by atomic mass is 16.5. The van der Waals surface area contributed by atoms with Gasteiger partial charge in [0.2, 0.25) is 0 Å². The molecule has 1 atom stereocenters. The smallest absolute Gasteiger partial charge is 0.326 e. The first kappa shape index (κ1) is 13.2. The van der Waals surface area contributed by atoms with E-state index in [2.05, 4.69) is 5.32 Å². The summed E-state index contributed by atoms with van der Waals surface area (Å²) in [5.74, 6) is 0.717. The van der Waals surface area contributed by atoms with Crippen LogP contribution in [0.2, 0.25) is 0 Å². The van der Waals surface area contributed by atoms with Crippen LogP contribution in [-0.4, -0.2) is 17.1 Å². The summed E-state index contributed by atoms with van der Waals surface area (Å²) in [4.78, 5) is 10.9. The topological polar surface area (TPSA) is 58.6 Å². The fourth-order valence-corrected chi connectivity index (χ4v) is 2.26. The van der Waals surface area contributed by atoms with E-state index in [1.54, 1.807) is 6.20 Å². The molecule has 106 valence electrons. The molecule has 2 aromatic carbocycles. The lowest BCUT2D eigenvalue weighted by atomic mass is 10.0. The number of aliphatic carboxylic acids is 1. The standard InChI is InChI=1S/C17H15NO3/c19-17(20)16-10-13(11-18-16)12-6-8-15(9-7-12)21-14-4-2-1-3-5-14/h1-9,11,16,18H,10H2,(H,19,20). The number of rotatable bonds is 4. The second-order valence-corrected chi connectivity index (χ2v) is 4.87. The van der Waals surface area contributed by atoms with E-state index in [1.807, 2.05) is 54.6 Å². The minimum atomic E-state index is -0.828. The Hall–Kier alpha value is -2.75. The van der Waals surface area contributed by atoms with E-state index >= 15 is 0 Å². The molecule has 21 heavy (non-hydrogen) atoms. The third-order valence-corrected chi connectivity index (χ3v) is 3.38. The highest BCUT2D eigenvalue weighted by molar-refractivity contribution is 5.81. The van der Waals surface area contributed by atoms with Crippen molar-refractivity contribution in [3.63, 3.8) is 0 Å². The molecular formula is C17H15NO3. The maximum absolute atomic E-state index is 10.9. The van der Waals surface area contributed by atoms with Gasteiger partial charge in [0.25, 0.3) is 0 Å². The molecule has 1 aliphatic rings. The van der Waals surface area contributed by atoms with Crippen LogP contribution in [0, 0.1) is 0 Å². The molecule has 0 amide bonds. The van der Waals surface area contributed by atoms with Crippen LogP contribution in [0.15, 0.2) is 60.8 Å². The molecule has 4 nitrogen and oxygen atoms in total. The number of nitrogens with one attached hydrogen (secondary N) is 1. The summed E-state index contributed by atoms with van der Waals surface area (Å²) < 4.78 is 5.73. The Morgan fingerprint density at radius 1 is 1.05 bits per heavy atom. The SMILES string of the molecule is O=C(O)C1CC(c2ccc(Oc3ccccc3)cc2)=CN1. The maximum atomic E-state index is 10.9. The number of carboxylic acid groups (broad SMARTS) is 1. The number of hydrogen-bond donors (Lipinski definition) is 2. The average molecular weight is 281 g/mol. The van der Waals surface area contributed by atoms with E-state index in [-0.39, 0.29) is 0 Å². The van der Waals surface area contributed by atoms with Crippen molar-refractivity contribution in [3.8, 4) is 11.5 Å². The van der Waals surface area contributed by atoms with Crippen LogP contribution in [0.25, 0.3) is 5.57 Å². The minimum absolute atomic E-state index is 0.494. The predicted octanol–water partition coefficient (Wildman–Crippen LogP) is 3.27. The number of carbonyl (C=O) groups is 1. The van der Waals surface area contributed by atoms with E-state index in [1.165, 1.54) is 0 Å². The lowest BCUT2D eigenvalue weighted by Gasteiger charge is -2.07. The number of benzene rings is 2. The lowest BCUT2D eigenvalue weighted by molar-refractivity contribution is -0.138. The summed E-state index contributed by atoms with van der Waals surface area (Å²) in [7, 11) is 0. The molecule has 2 aromatic rings. The molecule has 1 aliphatic heterocycles. The van der Waals surface area contributed by atoms with Gasteiger partial charge in [0, 0.05) is 12.6 Å². The summed E-state index contributed by atoms with van der Waals surface area (Å²) in [5.41, 5.74) is 2.00. The number of carboxylic acids is 1. The fraction of sp³-hybridized carbons (Fsp3) is 0.118. The Labute approximate surface area is 122 Å². The van der Waals surface area contributed by atoms with Gasteiger partial charge in [-0.15, -0.1) is 0 Å². The van der Waals surface area contributed by atoms with Gasteiger partial charge in [-0.25, -0.2) is 4.79 Å². The molecule has 0 bridgehead atoms. The molecule has 1 heterocycles. The van der Waals surface area contributed by atoms with Gasteiger partial charge in [0.05, 0.1) is 0 Å². The zero-order chi connectivity index (χ0) is 14.7. The van der Waals surface area contributed by atoms with Crippen molar-refractivity contribution < 1.29 is 14.6 Å². The summed E-state index contributed by atoms with van der Waals surface area (Å²) in [6.45, 7) is 0. The van der Waals surface area contributed by atoms with Crippen LogP contribution in [0.1, 0.15) is 12.0 Å². The Morgan fingerprint density at radius 2 is 1.71 bits per heavy atom. The molecule has 0 fully saturated rings. The van der Waals surface area contributed by atoms with Gasteiger partial charge in [0.1, 0.15) is 17.5 Å². The Balaban J connectivity index is 1.69. The van der Waals surface area contributed by atoms with Gasteiger partial charge in [-0.1, -0.05) is 30.3 Å². The lowest BCUT2D eigenvalue weighted by Crippen LogP contribution is -2.28. The molecule has 1 unspecified atom stereocenters. The fourth-order valence-electron chi connectivity index (χ4n) is 2.26. The van der Waals surface area contributed by atoms with Crippen LogP contribution in [0.3, 0.4) is 0 Å². The van der Waals surface area contributed by atoms with Gasteiger partial charge in [-0.2, -0.15) is 0 Å². The quantitative estimate of drug-likeness (QED) is 0.903. The Bertz CT molecular complexity index is 662. The second-order valence-electron chi connectivity index (χ2n) is 4.87. The first-order valence-corrected chi connectivity index (χ1v) is 6.73. The van der Waals surface area contributed by atoms with E-state index < -0.39 is 12.0 Å². The normalized spacial score (nSPS) is 17.0. The van der Waals surface area contributed by atoms with E-state index in [9.17, 15) is 4.79 Å². The van der Waals surface area contributed by atoms with Gasteiger partial charge >= 0.3 is 5.97 Å². The highest BCUT2D eigenvalue weighted by Crippen LogP contribution is 2.27. The molecule has 4 heteroatoms. The molecule has 0 aliphatic carbocycles. The van der Waals surface area contributed by atoms with Gasteiger partial charge in [0.15, 0.2) is 0 Å². The van der Waals surface area contributed by atoms with Crippen molar-refractivity contribution in [3.05, 3.63) is 66.4 Å². The van der Waals surface area contributed by atoms with Crippen LogP contribution in [-0.2, 0) is 4.79 Å². The number of ether oxygens (including phenoxy) is 1. The highest BCUT2D eigenvalue weighted by Gasteiger charge is 2.23. The van der Waals surface area contributed by atoms with Crippen LogP contribution >= 0.6 is 0 Å². The second kappa shape index (κ2) is 5.71. The molecule has 0 aromatic heterocycles. The van der Waals surface area contributed by atoms with E-state index in [0.717, 1.165) is 22.6 Å². The molecule has 2 N–H and O–H groups in total.